The van der Waals surface area contributed by atoms with Gasteiger partial charge in [-0.05, 0) is 13.0 Å². The summed E-state index contributed by atoms with van der Waals surface area (Å²) in [5, 5.41) is 12.8. The van der Waals surface area contributed by atoms with E-state index in [1.165, 1.54) is 19.1 Å². The third-order valence-electron chi connectivity index (χ3n) is 2.19. The minimum absolute atomic E-state index is 0.0489. The molecule has 1 N–H and O–H groups in total. The number of anilines is 1. The van der Waals surface area contributed by atoms with Crippen molar-refractivity contribution in [3.8, 4) is 0 Å². The van der Waals surface area contributed by atoms with E-state index in [0.29, 0.717) is 22.7 Å². The summed E-state index contributed by atoms with van der Waals surface area (Å²) in [6.45, 7) is 1.44. The highest BCUT2D eigenvalue weighted by Gasteiger charge is 2.21. The molecule has 1 amide bonds. The maximum atomic E-state index is 11.9. The number of hydrogen-bond donors (Lipinski definition) is 1. The van der Waals surface area contributed by atoms with Crippen LogP contribution in [0.5, 0.6) is 0 Å². The number of nitrogens with one attached hydrogen (secondary N) is 1. The number of aromatic nitrogens is 1. The van der Waals surface area contributed by atoms with Crippen LogP contribution < -0.4 is 5.32 Å². The first-order chi connectivity index (χ1) is 9.68. The summed E-state index contributed by atoms with van der Waals surface area (Å²) >= 11 is 1.42. The van der Waals surface area contributed by atoms with Crippen molar-refractivity contribution in [2.24, 2.45) is 0 Å². The van der Waals surface area contributed by atoms with Crippen molar-refractivity contribution in [3.05, 3.63) is 32.8 Å². The van der Waals surface area contributed by atoms with Crippen molar-refractivity contribution in [3.63, 3.8) is 0 Å². The van der Waals surface area contributed by atoms with Crippen molar-refractivity contribution in [2.75, 3.05) is 5.32 Å². The van der Waals surface area contributed by atoms with E-state index >= 15 is 0 Å². The van der Waals surface area contributed by atoms with Crippen molar-refractivity contribution in [1.29, 1.82) is 0 Å². The van der Waals surface area contributed by atoms with Crippen LogP contribution in [0.3, 0.4) is 0 Å². The Bertz CT molecular complexity index is 826. The average Bonchev–Trinajstić information content (AvgIpc) is 2.94. The lowest BCUT2D eigenvalue weighted by atomic mass is 10.4. The fourth-order valence-corrected chi connectivity index (χ4v) is 4.43. The van der Waals surface area contributed by atoms with E-state index < -0.39 is 19.9 Å². The van der Waals surface area contributed by atoms with Gasteiger partial charge in [0.05, 0.1) is 15.5 Å². The van der Waals surface area contributed by atoms with Crippen LogP contribution in [0.4, 0.5) is 10.1 Å². The summed E-state index contributed by atoms with van der Waals surface area (Å²) in [7, 11) is 1.30. The van der Waals surface area contributed by atoms with E-state index in [1.807, 2.05) is 0 Å². The van der Waals surface area contributed by atoms with E-state index in [-0.39, 0.29) is 24.9 Å². The molecule has 0 radical (unpaired) electrons. The molecule has 0 fully saturated rings. The van der Waals surface area contributed by atoms with Gasteiger partial charge in [0, 0.05) is 16.7 Å². The van der Waals surface area contributed by atoms with Crippen LogP contribution in [0.15, 0.2) is 16.3 Å². The minimum Gasteiger partial charge on any atom is -0.297 e. The zero-order valence-corrected chi connectivity index (χ0v) is 13.4. The predicted molar refractivity (Wildman–Crippen MR) is 78.8 cm³/mol. The van der Waals surface area contributed by atoms with Gasteiger partial charge in [-0.1, -0.05) is 22.7 Å². The van der Waals surface area contributed by atoms with E-state index in [1.54, 1.807) is 0 Å². The normalized spacial score (nSPS) is 11.3. The predicted octanol–water partition coefficient (Wildman–Crippen LogP) is 2.60. The molecule has 0 saturated carbocycles. The molecule has 0 aromatic carbocycles. The van der Waals surface area contributed by atoms with Gasteiger partial charge in [-0.2, -0.15) is 0 Å². The molecule has 2 aromatic heterocycles. The first kappa shape index (κ1) is 15.8. The van der Waals surface area contributed by atoms with Crippen LogP contribution in [-0.2, 0) is 9.05 Å². The molecule has 0 aliphatic carbocycles. The van der Waals surface area contributed by atoms with Gasteiger partial charge in [0.1, 0.15) is 0 Å². The molecule has 8 nitrogen and oxygen atoms in total. The Balaban J connectivity index is 2.22. The monoisotopic (exact) mass is 367 g/mol. The Kier molecular flexibility index (Phi) is 4.27. The molecule has 0 aliphatic rings. The first-order valence-corrected chi connectivity index (χ1v) is 9.10. The third-order valence-corrected chi connectivity index (χ3v) is 6.48. The second-order valence-electron chi connectivity index (χ2n) is 3.68. The van der Waals surface area contributed by atoms with Gasteiger partial charge in [0.25, 0.3) is 15.0 Å². The van der Waals surface area contributed by atoms with Gasteiger partial charge in [-0.3, -0.25) is 20.2 Å². The molecular formula is C9H6ClN3O5S3. The van der Waals surface area contributed by atoms with Crippen molar-refractivity contribution < 1.29 is 18.1 Å². The molecule has 0 spiro atoms. The van der Waals surface area contributed by atoms with Crippen molar-refractivity contribution >= 4 is 58.4 Å². The lowest BCUT2D eigenvalue weighted by Gasteiger charge is -1.96. The molecule has 12 heteroatoms. The number of aryl methyl sites for hydroxylation is 1. The highest BCUT2D eigenvalue weighted by atomic mass is 35.7. The summed E-state index contributed by atoms with van der Waals surface area (Å²) in [4.78, 5) is 25.8. The number of thiazole rings is 1. The Labute approximate surface area is 131 Å². The number of thiophene rings is 1. The number of carbonyl (C=O) groups excluding carboxylic acids is 1. The lowest BCUT2D eigenvalue weighted by molar-refractivity contribution is -0.380. The maximum absolute atomic E-state index is 11.9. The molecule has 2 rings (SSSR count). The number of hydrogen-bond acceptors (Lipinski definition) is 8. The minimum atomic E-state index is -3.93. The maximum Gasteiger partial charge on any atom is 0.324 e. The lowest BCUT2D eigenvalue weighted by Crippen LogP contribution is -2.09. The van der Waals surface area contributed by atoms with Crippen LogP contribution in [0.25, 0.3) is 0 Å². The van der Waals surface area contributed by atoms with Gasteiger partial charge >= 0.3 is 5.00 Å². The molecular weight excluding hydrogens is 362 g/mol. The van der Waals surface area contributed by atoms with Crippen LogP contribution in [0, 0.1) is 17.0 Å². The van der Waals surface area contributed by atoms with Crippen LogP contribution in [-0.4, -0.2) is 24.2 Å². The number of halogens is 1. The summed E-state index contributed by atoms with van der Waals surface area (Å²) < 4.78 is 22.3. The quantitative estimate of drug-likeness (QED) is 0.504. The Morgan fingerprint density at radius 3 is 2.57 bits per heavy atom. The summed E-state index contributed by atoms with van der Waals surface area (Å²) in [6.07, 6.45) is 0. The zero-order valence-electron chi connectivity index (χ0n) is 10.2. The van der Waals surface area contributed by atoms with E-state index in [4.69, 9.17) is 10.7 Å². The molecule has 2 aromatic rings. The molecule has 0 unspecified atom stereocenters. The summed E-state index contributed by atoms with van der Waals surface area (Å²) in [5.74, 6) is -0.611. The van der Waals surface area contributed by atoms with Crippen molar-refractivity contribution in [2.45, 2.75) is 11.1 Å². The molecule has 112 valence electrons. The number of amides is 1. The number of nitrogens with zero attached hydrogens (tertiary/aromatic N) is 2. The zero-order chi connectivity index (χ0) is 15.8. The highest BCUT2D eigenvalue weighted by Crippen LogP contribution is 2.31. The Morgan fingerprint density at radius 2 is 2.10 bits per heavy atom. The third kappa shape index (κ3) is 3.56. The topological polar surface area (TPSA) is 119 Å². The summed E-state index contributed by atoms with van der Waals surface area (Å²) in [5.41, 5.74) is 0.169. The van der Waals surface area contributed by atoms with Gasteiger partial charge in [-0.15, -0.1) is 0 Å². The average molecular weight is 368 g/mol. The van der Waals surface area contributed by atoms with Crippen LogP contribution in [0.1, 0.15) is 15.4 Å². The summed E-state index contributed by atoms with van der Waals surface area (Å²) in [6, 6.07) is 2.51. The molecule has 0 saturated heterocycles. The van der Waals surface area contributed by atoms with Gasteiger partial charge < -0.3 is 0 Å². The number of nitro groups is 1. The fourth-order valence-electron chi connectivity index (χ4n) is 1.37. The molecule has 21 heavy (non-hydrogen) atoms. The SMILES string of the molecule is Cc1nc(NC(=O)c2ccc([N+](=O)[O-])s2)sc1S(=O)(=O)Cl. The molecule has 0 bridgehead atoms. The van der Waals surface area contributed by atoms with E-state index in [9.17, 15) is 23.3 Å². The van der Waals surface area contributed by atoms with E-state index in [0.717, 1.165) is 0 Å². The van der Waals surface area contributed by atoms with Gasteiger partial charge in [0.2, 0.25) is 0 Å². The highest BCUT2D eigenvalue weighted by molar-refractivity contribution is 8.15. The molecule has 0 atom stereocenters. The van der Waals surface area contributed by atoms with E-state index in [2.05, 4.69) is 10.3 Å². The van der Waals surface area contributed by atoms with Gasteiger partial charge in [0.15, 0.2) is 9.34 Å². The van der Waals surface area contributed by atoms with Crippen LogP contribution >= 0.6 is 33.4 Å². The molecule has 0 aliphatic heterocycles. The standard InChI is InChI=1S/C9H6ClN3O5S3/c1-4-8(21(10,17)18)20-9(11-4)12-7(14)5-2-3-6(19-5)13(15)16/h2-3H,1H3,(H,11,12,14). The Morgan fingerprint density at radius 1 is 1.43 bits per heavy atom. The largest absolute Gasteiger partial charge is 0.324 e. The number of rotatable bonds is 4. The fraction of sp³-hybridized carbons (Fsp3) is 0.111. The smallest absolute Gasteiger partial charge is 0.297 e. The second kappa shape index (κ2) is 5.67. The molecule has 2 heterocycles. The number of carbonyl (C=O) groups is 1. The van der Waals surface area contributed by atoms with Gasteiger partial charge in [-0.25, -0.2) is 13.4 Å². The first-order valence-electron chi connectivity index (χ1n) is 5.16. The van der Waals surface area contributed by atoms with Crippen LogP contribution in [0.2, 0.25) is 0 Å². The second-order valence-corrected chi connectivity index (χ2v) is 8.50. The van der Waals surface area contributed by atoms with Crippen molar-refractivity contribution in [1.82, 2.24) is 4.98 Å². The Hall–Kier alpha value is -1.56.